The molecular formula is C24H23N5O3. The Labute approximate surface area is 185 Å². The molecule has 4 aromatic rings. The molecular weight excluding hydrogens is 406 g/mol. The Bertz CT molecular complexity index is 1230. The maximum Gasteiger partial charge on any atom is 0.324 e. The highest BCUT2D eigenvalue weighted by molar-refractivity contribution is 6.00. The number of nitro groups is 1. The van der Waals surface area contributed by atoms with Crippen LogP contribution in [0.25, 0.3) is 22.2 Å². The predicted octanol–water partition coefficient (Wildman–Crippen LogP) is 5.92. The van der Waals surface area contributed by atoms with Crippen LogP contribution in [0, 0.1) is 10.1 Å². The summed E-state index contributed by atoms with van der Waals surface area (Å²) in [4.78, 5) is 13.7. The molecule has 162 valence electrons. The number of fused-ring (bicyclic) bond motifs is 1. The van der Waals surface area contributed by atoms with E-state index in [2.05, 4.69) is 20.5 Å². The third-order valence-electron chi connectivity index (χ3n) is 5.89. The number of hydrogen-bond donors (Lipinski definition) is 1. The van der Waals surface area contributed by atoms with Gasteiger partial charge in [0.2, 0.25) is 5.52 Å². The Morgan fingerprint density at radius 3 is 2.22 bits per heavy atom. The minimum atomic E-state index is -0.431. The van der Waals surface area contributed by atoms with Crippen LogP contribution in [-0.2, 0) is 0 Å². The summed E-state index contributed by atoms with van der Waals surface area (Å²) in [6.45, 7) is 1.76. The van der Waals surface area contributed by atoms with Gasteiger partial charge in [-0.25, -0.2) is 4.63 Å². The van der Waals surface area contributed by atoms with E-state index in [1.165, 1.54) is 12.8 Å². The quantitative estimate of drug-likeness (QED) is 0.310. The molecule has 0 radical (unpaired) electrons. The minimum absolute atomic E-state index is 0.132. The van der Waals surface area contributed by atoms with E-state index < -0.39 is 4.92 Å². The van der Waals surface area contributed by atoms with Gasteiger partial charge in [-0.3, -0.25) is 10.1 Å². The van der Waals surface area contributed by atoms with Gasteiger partial charge in [-0.05, 0) is 52.5 Å². The average molecular weight is 429 g/mol. The summed E-state index contributed by atoms with van der Waals surface area (Å²) < 4.78 is 4.93. The van der Waals surface area contributed by atoms with Crippen LogP contribution in [0.1, 0.15) is 25.7 Å². The summed E-state index contributed by atoms with van der Waals surface area (Å²) in [5.41, 5.74) is 4.61. The van der Waals surface area contributed by atoms with Crippen molar-refractivity contribution in [1.29, 1.82) is 0 Å². The zero-order chi connectivity index (χ0) is 21.9. The number of anilines is 3. The van der Waals surface area contributed by atoms with Crippen LogP contribution in [0.15, 0.2) is 65.3 Å². The van der Waals surface area contributed by atoms with Crippen molar-refractivity contribution in [2.24, 2.45) is 0 Å². The molecule has 1 saturated heterocycles. The molecule has 8 nitrogen and oxygen atoms in total. The highest BCUT2D eigenvalue weighted by Gasteiger charge is 2.28. The van der Waals surface area contributed by atoms with Crippen LogP contribution in [0.3, 0.4) is 0 Å². The van der Waals surface area contributed by atoms with Crippen LogP contribution in [0.4, 0.5) is 22.7 Å². The normalized spacial score (nSPS) is 14.3. The standard InChI is InChI=1S/C24H23N5O3/c30-29(31)24-20(25-19-12-10-18(11-13-19)17-8-4-3-5-9-17)16-21(22-23(24)27-32-26-22)28-14-6-1-2-7-15-28/h3-5,8-13,16,25H,1-2,6-7,14-15H2. The third kappa shape index (κ3) is 3.87. The van der Waals surface area contributed by atoms with Gasteiger partial charge in [-0.15, -0.1) is 0 Å². The minimum Gasteiger partial charge on any atom is -0.370 e. The topological polar surface area (TPSA) is 97.3 Å². The maximum atomic E-state index is 11.9. The molecule has 1 aliphatic rings. The van der Waals surface area contributed by atoms with E-state index in [0.29, 0.717) is 11.2 Å². The molecule has 1 N–H and O–H groups in total. The van der Waals surface area contributed by atoms with Gasteiger partial charge in [-0.2, -0.15) is 0 Å². The van der Waals surface area contributed by atoms with E-state index in [9.17, 15) is 10.1 Å². The van der Waals surface area contributed by atoms with Crippen molar-refractivity contribution in [2.45, 2.75) is 25.7 Å². The highest BCUT2D eigenvalue weighted by atomic mass is 16.6. The number of nitrogens with zero attached hydrogens (tertiary/aromatic N) is 4. The summed E-state index contributed by atoms with van der Waals surface area (Å²) in [5.74, 6) is 0. The molecule has 1 aromatic heterocycles. The van der Waals surface area contributed by atoms with Crippen molar-refractivity contribution < 1.29 is 9.55 Å². The fourth-order valence-electron chi connectivity index (χ4n) is 4.28. The van der Waals surface area contributed by atoms with Crippen LogP contribution in [-0.4, -0.2) is 28.3 Å². The second-order valence-corrected chi connectivity index (χ2v) is 7.98. The van der Waals surface area contributed by atoms with E-state index >= 15 is 0 Å². The lowest BCUT2D eigenvalue weighted by atomic mass is 10.1. The fourth-order valence-corrected chi connectivity index (χ4v) is 4.28. The van der Waals surface area contributed by atoms with Crippen molar-refractivity contribution in [2.75, 3.05) is 23.3 Å². The lowest BCUT2D eigenvalue weighted by Crippen LogP contribution is -2.24. The Morgan fingerprint density at radius 1 is 0.875 bits per heavy atom. The van der Waals surface area contributed by atoms with Gasteiger partial charge in [0.25, 0.3) is 0 Å². The zero-order valence-electron chi connectivity index (χ0n) is 17.5. The van der Waals surface area contributed by atoms with Crippen molar-refractivity contribution in [3.63, 3.8) is 0 Å². The fraction of sp³-hybridized carbons (Fsp3) is 0.250. The first-order chi connectivity index (χ1) is 15.7. The van der Waals surface area contributed by atoms with Crippen LogP contribution >= 0.6 is 0 Å². The van der Waals surface area contributed by atoms with Gasteiger partial charge in [0.05, 0.1) is 10.6 Å². The van der Waals surface area contributed by atoms with Crippen molar-refractivity contribution >= 4 is 33.8 Å². The smallest absolute Gasteiger partial charge is 0.324 e. The van der Waals surface area contributed by atoms with Gasteiger partial charge in [0.15, 0.2) is 5.52 Å². The van der Waals surface area contributed by atoms with Gasteiger partial charge < -0.3 is 10.2 Å². The summed E-state index contributed by atoms with van der Waals surface area (Å²) in [6.07, 6.45) is 4.52. The Kier molecular flexibility index (Phi) is 5.41. The largest absolute Gasteiger partial charge is 0.370 e. The monoisotopic (exact) mass is 429 g/mol. The number of nitrogens with one attached hydrogen (secondary N) is 1. The highest BCUT2D eigenvalue weighted by Crippen LogP contribution is 2.40. The number of nitro benzene ring substituents is 1. The van der Waals surface area contributed by atoms with Crippen molar-refractivity contribution in [1.82, 2.24) is 10.3 Å². The molecule has 0 saturated carbocycles. The molecule has 3 aromatic carbocycles. The molecule has 2 heterocycles. The average Bonchev–Trinajstić information content (AvgIpc) is 3.13. The number of rotatable bonds is 5. The first-order valence-corrected chi connectivity index (χ1v) is 10.8. The van der Waals surface area contributed by atoms with Crippen molar-refractivity contribution in [3.8, 4) is 11.1 Å². The van der Waals surface area contributed by atoms with Crippen molar-refractivity contribution in [3.05, 3.63) is 70.8 Å². The summed E-state index contributed by atoms with van der Waals surface area (Å²) >= 11 is 0. The molecule has 0 unspecified atom stereocenters. The molecule has 0 spiro atoms. The van der Waals surface area contributed by atoms with E-state index in [1.54, 1.807) is 6.07 Å². The van der Waals surface area contributed by atoms with Crippen LogP contribution < -0.4 is 10.2 Å². The number of aromatic nitrogens is 2. The molecule has 1 fully saturated rings. The van der Waals surface area contributed by atoms with Gasteiger partial charge in [0, 0.05) is 18.8 Å². The first-order valence-electron chi connectivity index (χ1n) is 10.8. The van der Waals surface area contributed by atoms with Gasteiger partial charge in [-0.1, -0.05) is 55.3 Å². The van der Waals surface area contributed by atoms with Gasteiger partial charge >= 0.3 is 5.69 Å². The van der Waals surface area contributed by atoms with E-state index in [4.69, 9.17) is 4.63 Å². The second kappa shape index (κ2) is 8.66. The van der Waals surface area contributed by atoms with E-state index in [1.807, 2.05) is 54.6 Å². The lowest BCUT2D eigenvalue weighted by molar-refractivity contribution is -0.382. The lowest BCUT2D eigenvalue weighted by Gasteiger charge is -2.23. The summed E-state index contributed by atoms with van der Waals surface area (Å²) in [6, 6.07) is 19.7. The number of hydrogen-bond acceptors (Lipinski definition) is 7. The molecule has 1 aliphatic heterocycles. The Balaban J connectivity index is 1.54. The summed E-state index contributed by atoms with van der Waals surface area (Å²) in [5, 5.41) is 23.1. The first kappa shape index (κ1) is 20.0. The van der Waals surface area contributed by atoms with Crippen LogP contribution in [0.2, 0.25) is 0 Å². The van der Waals surface area contributed by atoms with E-state index in [-0.39, 0.29) is 11.2 Å². The molecule has 8 heteroatoms. The Hall–Kier alpha value is -3.94. The SMILES string of the molecule is O=[N+]([O-])c1c(Nc2ccc(-c3ccccc3)cc2)cc(N2CCCCCC2)c2nonc12. The van der Waals surface area contributed by atoms with E-state index in [0.717, 1.165) is 48.4 Å². The maximum absolute atomic E-state index is 11.9. The second-order valence-electron chi connectivity index (χ2n) is 7.98. The molecule has 0 atom stereocenters. The molecule has 0 amide bonds. The number of benzene rings is 3. The molecule has 0 aliphatic carbocycles. The Morgan fingerprint density at radius 2 is 1.53 bits per heavy atom. The molecule has 0 bridgehead atoms. The predicted molar refractivity (Wildman–Crippen MR) is 124 cm³/mol. The van der Waals surface area contributed by atoms with Gasteiger partial charge in [0.1, 0.15) is 5.69 Å². The van der Waals surface area contributed by atoms with Crippen LogP contribution in [0.5, 0.6) is 0 Å². The molecule has 32 heavy (non-hydrogen) atoms. The third-order valence-corrected chi connectivity index (χ3v) is 5.89. The summed E-state index contributed by atoms with van der Waals surface area (Å²) in [7, 11) is 0. The zero-order valence-corrected chi connectivity index (χ0v) is 17.5. The molecule has 5 rings (SSSR count).